The summed E-state index contributed by atoms with van der Waals surface area (Å²) in [4.78, 5) is 12.1. The van der Waals surface area contributed by atoms with Crippen LogP contribution in [0.25, 0.3) is 0 Å². The molecule has 0 bridgehead atoms. The Morgan fingerprint density at radius 2 is 2.17 bits per heavy atom. The zero-order valence-electron chi connectivity index (χ0n) is 11.5. The Morgan fingerprint density at radius 3 is 2.61 bits per heavy atom. The molecular formula is C13H21BrN2O2. The van der Waals surface area contributed by atoms with Gasteiger partial charge >= 0.3 is 0 Å². The normalized spacial score (nSPS) is 12.7. The second-order valence-corrected chi connectivity index (χ2v) is 5.13. The zero-order chi connectivity index (χ0) is 13.7. The lowest BCUT2D eigenvalue weighted by atomic mass is 10.1. The molecule has 0 saturated carbocycles. The third-order valence-electron chi connectivity index (χ3n) is 3.04. The molecule has 1 aromatic rings. The van der Waals surface area contributed by atoms with Gasteiger partial charge in [0.1, 0.15) is 6.10 Å². The van der Waals surface area contributed by atoms with Crippen LogP contribution >= 0.6 is 15.9 Å². The minimum absolute atomic E-state index is 0.116. The van der Waals surface area contributed by atoms with Crippen molar-refractivity contribution < 1.29 is 9.53 Å². The van der Waals surface area contributed by atoms with Gasteiger partial charge in [-0.3, -0.25) is 9.48 Å². The van der Waals surface area contributed by atoms with Crippen LogP contribution in [0.1, 0.15) is 38.1 Å². The molecule has 1 heterocycles. The number of hydrogen-bond acceptors (Lipinski definition) is 3. The van der Waals surface area contributed by atoms with E-state index in [0.717, 1.165) is 35.1 Å². The van der Waals surface area contributed by atoms with E-state index < -0.39 is 0 Å². The Labute approximate surface area is 117 Å². The van der Waals surface area contributed by atoms with Gasteiger partial charge in [-0.25, -0.2) is 0 Å². The fourth-order valence-corrected chi connectivity index (χ4v) is 2.72. The van der Waals surface area contributed by atoms with Gasteiger partial charge in [0.05, 0.1) is 22.3 Å². The number of carbonyl (C=O) groups is 1. The number of ether oxygens (including phenoxy) is 1. The van der Waals surface area contributed by atoms with Crippen molar-refractivity contribution in [1.82, 2.24) is 9.78 Å². The number of halogens is 1. The molecule has 5 heteroatoms. The molecule has 0 aliphatic heterocycles. The predicted octanol–water partition coefficient (Wildman–Crippen LogP) is 2.67. The van der Waals surface area contributed by atoms with E-state index in [4.69, 9.17) is 4.74 Å². The van der Waals surface area contributed by atoms with Crippen LogP contribution in [-0.2, 0) is 29.4 Å². The maximum atomic E-state index is 12.1. The average molecular weight is 317 g/mol. The summed E-state index contributed by atoms with van der Waals surface area (Å²) in [5.41, 5.74) is 1.92. The van der Waals surface area contributed by atoms with E-state index >= 15 is 0 Å². The number of Topliss-reactive ketones (excluding diaryl/α,β-unsaturated/α-hetero) is 1. The van der Waals surface area contributed by atoms with Crippen molar-refractivity contribution in [3.63, 3.8) is 0 Å². The summed E-state index contributed by atoms with van der Waals surface area (Å²) in [6.07, 6.45) is 2.62. The molecule has 0 fully saturated rings. The SMILES string of the molecule is CCCC(OC)C(=O)Cc1c(Br)c(CC)nn1C. The molecule has 0 aliphatic carbocycles. The summed E-state index contributed by atoms with van der Waals surface area (Å²) in [5.74, 6) is 0.116. The second kappa shape index (κ2) is 7.04. The van der Waals surface area contributed by atoms with E-state index in [-0.39, 0.29) is 11.9 Å². The molecule has 0 amide bonds. The molecule has 0 aromatic carbocycles. The number of hydrogen-bond donors (Lipinski definition) is 0. The Hall–Kier alpha value is -0.680. The van der Waals surface area contributed by atoms with Crippen LogP contribution in [0, 0.1) is 0 Å². The molecule has 4 nitrogen and oxygen atoms in total. The molecular weight excluding hydrogens is 296 g/mol. The third kappa shape index (κ3) is 3.42. The Balaban J connectivity index is 2.84. The molecule has 0 spiro atoms. The zero-order valence-corrected chi connectivity index (χ0v) is 13.1. The van der Waals surface area contributed by atoms with Gasteiger partial charge in [0.15, 0.2) is 5.78 Å². The highest BCUT2D eigenvalue weighted by atomic mass is 79.9. The number of carbonyl (C=O) groups excluding carboxylic acids is 1. The monoisotopic (exact) mass is 316 g/mol. The van der Waals surface area contributed by atoms with Gasteiger partial charge in [-0.2, -0.15) is 5.10 Å². The Bertz CT molecular complexity index is 415. The summed E-state index contributed by atoms with van der Waals surface area (Å²) < 4.78 is 7.97. The van der Waals surface area contributed by atoms with Crippen LogP contribution in [0.2, 0.25) is 0 Å². The van der Waals surface area contributed by atoms with Crippen LogP contribution in [0.5, 0.6) is 0 Å². The smallest absolute Gasteiger partial charge is 0.167 e. The van der Waals surface area contributed by atoms with Crippen molar-refractivity contribution in [2.75, 3.05) is 7.11 Å². The van der Waals surface area contributed by atoms with E-state index in [2.05, 4.69) is 28.0 Å². The first-order chi connectivity index (χ1) is 8.54. The predicted molar refractivity (Wildman–Crippen MR) is 74.7 cm³/mol. The number of nitrogens with zero attached hydrogens (tertiary/aromatic N) is 2. The molecule has 1 aromatic heterocycles. The molecule has 1 atom stereocenters. The van der Waals surface area contributed by atoms with Crippen molar-refractivity contribution in [2.45, 2.75) is 45.6 Å². The van der Waals surface area contributed by atoms with Crippen LogP contribution in [0.4, 0.5) is 0 Å². The first-order valence-corrected chi connectivity index (χ1v) is 7.10. The topological polar surface area (TPSA) is 44.1 Å². The highest BCUT2D eigenvalue weighted by molar-refractivity contribution is 9.10. The maximum Gasteiger partial charge on any atom is 0.167 e. The fraction of sp³-hybridized carbons (Fsp3) is 0.692. The minimum atomic E-state index is -0.304. The van der Waals surface area contributed by atoms with E-state index in [9.17, 15) is 4.79 Å². The lowest BCUT2D eigenvalue weighted by molar-refractivity contribution is -0.128. The van der Waals surface area contributed by atoms with Crippen LogP contribution in [0.15, 0.2) is 4.47 Å². The van der Waals surface area contributed by atoms with Crippen LogP contribution in [0.3, 0.4) is 0 Å². The largest absolute Gasteiger partial charge is 0.374 e. The molecule has 1 rings (SSSR count). The molecule has 0 radical (unpaired) electrons. The summed E-state index contributed by atoms with van der Waals surface area (Å²) in [6.45, 7) is 4.10. The highest BCUT2D eigenvalue weighted by Crippen LogP contribution is 2.23. The average Bonchev–Trinajstić information content (AvgIpc) is 2.63. The number of aromatic nitrogens is 2. The summed E-state index contributed by atoms with van der Waals surface area (Å²) >= 11 is 3.52. The van der Waals surface area contributed by atoms with Gasteiger partial charge in [0.2, 0.25) is 0 Å². The number of methoxy groups -OCH3 is 1. The minimum Gasteiger partial charge on any atom is -0.374 e. The Morgan fingerprint density at radius 1 is 1.50 bits per heavy atom. The first-order valence-electron chi connectivity index (χ1n) is 6.30. The molecule has 0 aliphatic rings. The summed E-state index contributed by atoms with van der Waals surface area (Å²) in [6, 6.07) is 0. The molecule has 0 saturated heterocycles. The van der Waals surface area contributed by atoms with E-state index in [1.807, 2.05) is 14.0 Å². The Kier molecular flexibility index (Phi) is 6.02. The van der Waals surface area contributed by atoms with Crippen molar-refractivity contribution in [2.24, 2.45) is 7.05 Å². The van der Waals surface area contributed by atoms with E-state index in [0.29, 0.717) is 6.42 Å². The van der Waals surface area contributed by atoms with Gasteiger partial charge in [0, 0.05) is 14.2 Å². The lowest BCUT2D eigenvalue weighted by Crippen LogP contribution is -2.25. The first kappa shape index (κ1) is 15.4. The van der Waals surface area contributed by atoms with Gasteiger partial charge in [-0.15, -0.1) is 0 Å². The standard InChI is InChI=1S/C13H21BrN2O2/c1-5-7-12(18-4)11(17)8-10-13(14)9(6-2)15-16(10)3/h12H,5-8H2,1-4H3. The van der Waals surface area contributed by atoms with Crippen LogP contribution < -0.4 is 0 Å². The quantitative estimate of drug-likeness (QED) is 0.776. The van der Waals surface area contributed by atoms with Crippen molar-refractivity contribution in [3.05, 3.63) is 15.9 Å². The highest BCUT2D eigenvalue weighted by Gasteiger charge is 2.21. The van der Waals surface area contributed by atoms with E-state index in [1.54, 1.807) is 11.8 Å². The molecule has 18 heavy (non-hydrogen) atoms. The molecule has 0 N–H and O–H groups in total. The van der Waals surface area contributed by atoms with E-state index in [1.165, 1.54) is 0 Å². The lowest BCUT2D eigenvalue weighted by Gasteiger charge is -2.13. The van der Waals surface area contributed by atoms with Crippen molar-refractivity contribution >= 4 is 21.7 Å². The molecule has 102 valence electrons. The van der Waals surface area contributed by atoms with Crippen molar-refractivity contribution in [1.29, 1.82) is 0 Å². The number of ketones is 1. The van der Waals surface area contributed by atoms with Crippen LogP contribution in [-0.4, -0.2) is 28.8 Å². The molecule has 1 unspecified atom stereocenters. The van der Waals surface area contributed by atoms with Gasteiger partial charge in [0.25, 0.3) is 0 Å². The van der Waals surface area contributed by atoms with Gasteiger partial charge in [-0.1, -0.05) is 20.3 Å². The van der Waals surface area contributed by atoms with Gasteiger partial charge < -0.3 is 4.74 Å². The number of rotatable bonds is 7. The number of aryl methyl sites for hydroxylation is 2. The fourth-order valence-electron chi connectivity index (χ4n) is 1.96. The second-order valence-electron chi connectivity index (χ2n) is 4.34. The van der Waals surface area contributed by atoms with Crippen molar-refractivity contribution in [3.8, 4) is 0 Å². The van der Waals surface area contributed by atoms with Gasteiger partial charge in [-0.05, 0) is 28.8 Å². The summed E-state index contributed by atoms with van der Waals surface area (Å²) in [7, 11) is 3.46. The summed E-state index contributed by atoms with van der Waals surface area (Å²) in [5, 5.41) is 4.39. The third-order valence-corrected chi connectivity index (χ3v) is 3.95. The maximum absolute atomic E-state index is 12.1.